The van der Waals surface area contributed by atoms with E-state index in [0.29, 0.717) is 24.3 Å². The zero-order chi connectivity index (χ0) is 22.3. The number of benzene rings is 1. The van der Waals surface area contributed by atoms with E-state index in [1.54, 1.807) is 13.0 Å². The van der Waals surface area contributed by atoms with Crippen LogP contribution in [0.25, 0.3) is 0 Å². The second kappa shape index (κ2) is 8.14. The number of hydrogen-bond acceptors (Lipinski definition) is 4. The number of aryl methyl sites for hydroxylation is 1. The fraction of sp³-hybridized carbons (Fsp3) is 0.600. The van der Waals surface area contributed by atoms with Gasteiger partial charge in [-0.25, -0.2) is 4.39 Å². The van der Waals surface area contributed by atoms with Crippen LogP contribution in [0, 0.1) is 12.7 Å². The van der Waals surface area contributed by atoms with Crippen molar-refractivity contribution in [3.63, 3.8) is 0 Å². The lowest BCUT2D eigenvalue weighted by Crippen LogP contribution is -2.57. The van der Waals surface area contributed by atoms with Crippen LogP contribution in [0.1, 0.15) is 25.8 Å². The molecule has 2 saturated heterocycles. The Morgan fingerprint density at radius 3 is 2.10 bits per heavy atom. The second-order valence-electron chi connectivity index (χ2n) is 8.64. The fourth-order valence-electron chi connectivity index (χ4n) is 4.06. The van der Waals surface area contributed by atoms with E-state index in [0.717, 1.165) is 20.3 Å². The number of fused-ring (bicyclic) bond motifs is 2. The number of hydrogen-bond donors (Lipinski definition) is 2. The van der Waals surface area contributed by atoms with Crippen LogP contribution in [0.4, 0.5) is 23.2 Å². The molecule has 6 nitrogen and oxygen atoms in total. The highest BCUT2D eigenvalue weighted by Gasteiger charge is 2.49. The molecule has 0 radical (unpaired) electrons. The summed E-state index contributed by atoms with van der Waals surface area (Å²) in [7, 11) is 0. The molecule has 10 heteroatoms. The van der Waals surface area contributed by atoms with Crippen molar-refractivity contribution >= 4 is 17.5 Å². The maximum absolute atomic E-state index is 13.5. The molecule has 166 valence electrons. The highest BCUT2D eigenvalue weighted by Crippen LogP contribution is 2.31. The third-order valence-corrected chi connectivity index (χ3v) is 5.65. The van der Waals surface area contributed by atoms with Gasteiger partial charge in [0.2, 0.25) is 11.8 Å². The third-order valence-electron chi connectivity index (χ3n) is 5.65. The van der Waals surface area contributed by atoms with E-state index in [1.165, 1.54) is 12.1 Å². The topological polar surface area (TPSA) is 64.7 Å². The van der Waals surface area contributed by atoms with E-state index >= 15 is 0 Å². The van der Waals surface area contributed by atoms with Crippen molar-refractivity contribution in [2.45, 2.75) is 51.0 Å². The average Bonchev–Trinajstić information content (AvgIpc) is 3.11. The van der Waals surface area contributed by atoms with E-state index in [2.05, 4.69) is 5.32 Å². The number of amides is 2. The molecule has 2 heterocycles. The van der Waals surface area contributed by atoms with Gasteiger partial charge in [-0.2, -0.15) is 13.2 Å². The van der Waals surface area contributed by atoms with Crippen molar-refractivity contribution in [1.29, 1.82) is 0 Å². The minimum atomic E-state index is -4.53. The largest absolute Gasteiger partial charge is 0.410 e. The third kappa shape index (κ3) is 5.10. The number of piperazine rings is 1. The molecule has 0 aromatic heterocycles. The Hall–Kier alpha value is -2.20. The molecule has 2 amide bonds. The van der Waals surface area contributed by atoms with E-state index in [9.17, 15) is 27.2 Å². The molecule has 1 aromatic rings. The van der Waals surface area contributed by atoms with Crippen LogP contribution in [0.15, 0.2) is 18.2 Å². The molecular formula is C20H26F4N4O2. The molecule has 1 aromatic carbocycles. The molecule has 3 rings (SSSR count). The molecule has 2 N–H and O–H groups in total. The molecule has 2 atom stereocenters. The number of carbonyl (C=O) groups excluding carboxylic acids is 2. The molecule has 0 saturated carbocycles. The molecular weight excluding hydrogens is 404 g/mol. The summed E-state index contributed by atoms with van der Waals surface area (Å²) in [4.78, 5) is 28.3. The van der Waals surface area contributed by atoms with Crippen molar-refractivity contribution in [2.75, 3.05) is 31.5 Å². The lowest BCUT2D eigenvalue weighted by molar-refractivity contribution is -0.188. The summed E-state index contributed by atoms with van der Waals surface area (Å²) in [6, 6.07) is 4.37. The Morgan fingerprint density at radius 2 is 1.60 bits per heavy atom. The highest BCUT2D eigenvalue weighted by atomic mass is 19.4. The van der Waals surface area contributed by atoms with Gasteiger partial charge in [0.1, 0.15) is 11.4 Å². The predicted octanol–water partition coefficient (Wildman–Crippen LogP) is 2.29. The summed E-state index contributed by atoms with van der Waals surface area (Å²) in [5.74, 6) is -1.35. The second-order valence-corrected chi connectivity index (χ2v) is 8.64. The Bertz CT molecular complexity index is 807. The van der Waals surface area contributed by atoms with Crippen LogP contribution in [0.3, 0.4) is 0 Å². The average molecular weight is 430 g/mol. The van der Waals surface area contributed by atoms with Gasteiger partial charge in [-0.05, 0) is 51.0 Å². The lowest BCUT2D eigenvalue weighted by Gasteiger charge is -2.34. The molecule has 0 spiro atoms. The quantitative estimate of drug-likeness (QED) is 0.680. The molecule has 2 fully saturated rings. The summed E-state index contributed by atoms with van der Waals surface area (Å²) in [5, 5.41) is 4.74. The van der Waals surface area contributed by atoms with Gasteiger partial charge in [0, 0.05) is 30.9 Å². The van der Waals surface area contributed by atoms with Crippen LogP contribution in [0.5, 0.6) is 0 Å². The van der Waals surface area contributed by atoms with E-state index < -0.39 is 23.4 Å². The number of carbonyl (C=O) groups is 2. The van der Waals surface area contributed by atoms with Crippen LogP contribution in [0.2, 0.25) is 0 Å². The van der Waals surface area contributed by atoms with Gasteiger partial charge in [-0.3, -0.25) is 19.4 Å². The van der Waals surface area contributed by atoms with Crippen molar-refractivity contribution in [1.82, 2.24) is 15.1 Å². The van der Waals surface area contributed by atoms with Crippen molar-refractivity contribution in [3.8, 4) is 0 Å². The Labute approximate surface area is 172 Å². The molecule has 2 aliphatic rings. The predicted molar refractivity (Wildman–Crippen MR) is 103 cm³/mol. The number of nitrogens with zero attached hydrogens (tertiary/aromatic N) is 2. The monoisotopic (exact) mass is 430 g/mol. The lowest BCUT2D eigenvalue weighted by atomic mass is 10.1. The zero-order valence-electron chi connectivity index (χ0n) is 17.1. The maximum Gasteiger partial charge on any atom is 0.410 e. The first-order chi connectivity index (χ1) is 13.8. The smallest absolute Gasteiger partial charge is 0.341 e. The van der Waals surface area contributed by atoms with Crippen LogP contribution in [-0.2, 0) is 9.59 Å². The van der Waals surface area contributed by atoms with Crippen molar-refractivity contribution in [2.24, 2.45) is 0 Å². The Morgan fingerprint density at radius 1 is 1.03 bits per heavy atom. The Kier molecular flexibility index (Phi) is 6.10. The van der Waals surface area contributed by atoms with Gasteiger partial charge in [0.25, 0.3) is 0 Å². The van der Waals surface area contributed by atoms with Gasteiger partial charge in [-0.1, -0.05) is 0 Å². The normalized spacial score (nSPS) is 22.4. The summed E-state index contributed by atoms with van der Waals surface area (Å²) in [6.07, 6.45) is -3.78. The van der Waals surface area contributed by atoms with Crippen molar-refractivity contribution < 1.29 is 27.2 Å². The van der Waals surface area contributed by atoms with Gasteiger partial charge in [-0.15, -0.1) is 0 Å². The number of alkyl halides is 3. The van der Waals surface area contributed by atoms with Crippen LogP contribution in [-0.4, -0.2) is 71.6 Å². The summed E-state index contributed by atoms with van der Waals surface area (Å²) in [5.41, 5.74) is -1.19. The minimum absolute atomic E-state index is 0.0129. The van der Waals surface area contributed by atoms with E-state index in [-0.39, 0.29) is 31.1 Å². The number of nitrogens with one attached hydrogen (secondary N) is 2. The number of rotatable bonds is 6. The first kappa shape index (κ1) is 22.5. The van der Waals surface area contributed by atoms with Gasteiger partial charge < -0.3 is 10.6 Å². The molecule has 2 unspecified atom stereocenters. The molecule has 2 aliphatic heterocycles. The van der Waals surface area contributed by atoms with Gasteiger partial charge in [0.05, 0.1) is 13.1 Å². The minimum Gasteiger partial charge on any atom is -0.341 e. The fourth-order valence-corrected chi connectivity index (χ4v) is 4.06. The Balaban J connectivity index is 1.48. The van der Waals surface area contributed by atoms with Crippen LogP contribution >= 0.6 is 0 Å². The van der Waals surface area contributed by atoms with E-state index in [4.69, 9.17) is 0 Å². The van der Waals surface area contributed by atoms with E-state index in [1.807, 2.05) is 15.1 Å². The zero-order valence-corrected chi connectivity index (χ0v) is 17.1. The molecule has 30 heavy (non-hydrogen) atoms. The standard InChI is InChI=1S/C20H26F4N4O2/c1-12-4-13(21)6-14(5-12)25-17(29)10-27-8-16-7-15(27)9-28(16)11-18(30)26-19(2,3)20(22,23)24/h4-6,15-16H,7-11H2,1-3H3,(H,25,29)(H,26,30). The SMILES string of the molecule is Cc1cc(F)cc(NC(=O)CN2CC3CC2CN3CC(=O)NC(C)(C)C(F)(F)F)c1. The summed E-state index contributed by atoms with van der Waals surface area (Å²) in [6.45, 7) is 4.69. The summed E-state index contributed by atoms with van der Waals surface area (Å²) >= 11 is 0. The van der Waals surface area contributed by atoms with Gasteiger partial charge in [0.15, 0.2) is 0 Å². The first-order valence-corrected chi connectivity index (χ1v) is 9.77. The number of likely N-dealkylation sites (tertiary alicyclic amines) is 2. The molecule has 0 aliphatic carbocycles. The maximum atomic E-state index is 13.5. The summed E-state index contributed by atoms with van der Waals surface area (Å²) < 4.78 is 52.3. The molecule has 2 bridgehead atoms. The number of anilines is 1. The first-order valence-electron chi connectivity index (χ1n) is 9.77. The van der Waals surface area contributed by atoms with Crippen LogP contribution < -0.4 is 10.6 Å². The van der Waals surface area contributed by atoms with Crippen molar-refractivity contribution in [3.05, 3.63) is 29.6 Å². The highest BCUT2D eigenvalue weighted by molar-refractivity contribution is 5.92. The number of halogens is 4. The van der Waals surface area contributed by atoms with Gasteiger partial charge >= 0.3 is 6.18 Å².